The lowest BCUT2D eigenvalue weighted by Gasteiger charge is -2.30. The monoisotopic (exact) mass is 452 g/mol. The number of hydrogen-bond donors (Lipinski definition) is 0. The summed E-state index contributed by atoms with van der Waals surface area (Å²) in [7, 11) is 1.59. The first-order valence-corrected chi connectivity index (χ1v) is 11.3. The fourth-order valence-corrected chi connectivity index (χ4v) is 4.28. The van der Waals surface area contributed by atoms with Gasteiger partial charge in [-0.1, -0.05) is 17.3 Å². The SMILES string of the molecule is COc1cc(CC=O)ccc1OC(C)/C=C/CN1CCC(c2onc3cc(F)ccc23)CC1. The van der Waals surface area contributed by atoms with Gasteiger partial charge in [0.05, 0.1) is 7.11 Å². The molecule has 0 saturated carbocycles. The van der Waals surface area contributed by atoms with Crippen molar-refractivity contribution >= 4 is 17.2 Å². The average Bonchev–Trinajstić information content (AvgIpc) is 3.23. The quantitative estimate of drug-likeness (QED) is 0.339. The number of ether oxygens (including phenoxy) is 2. The molecule has 1 aromatic heterocycles. The van der Waals surface area contributed by atoms with Crippen molar-refractivity contribution in [3.63, 3.8) is 0 Å². The van der Waals surface area contributed by atoms with E-state index in [1.54, 1.807) is 13.2 Å². The van der Waals surface area contributed by atoms with E-state index in [4.69, 9.17) is 14.0 Å². The molecule has 0 radical (unpaired) electrons. The van der Waals surface area contributed by atoms with Gasteiger partial charge in [-0.05, 0) is 68.8 Å². The molecule has 1 unspecified atom stereocenters. The van der Waals surface area contributed by atoms with Crippen LogP contribution in [0.1, 0.15) is 37.0 Å². The van der Waals surface area contributed by atoms with Crippen molar-refractivity contribution in [2.45, 2.75) is 38.2 Å². The Bertz CT molecular complexity index is 1120. The maximum absolute atomic E-state index is 13.4. The Kier molecular flexibility index (Phi) is 7.40. The first-order valence-electron chi connectivity index (χ1n) is 11.3. The summed E-state index contributed by atoms with van der Waals surface area (Å²) < 4.78 is 30.4. The molecule has 0 spiro atoms. The number of benzene rings is 2. The summed E-state index contributed by atoms with van der Waals surface area (Å²) in [5, 5.41) is 4.94. The van der Waals surface area contributed by atoms with Gasteiger partial charge in [-0.2, -0.15) is 0 Å². The number of carbonyl (C=O) groups excluding carboxylic acids is 1. The van der Waals surface area contributed by atoms with Crippen LogP contribution in [0.3, 0.4) is 0 Å². The van der Waals surface area contributed by atoms with E-state index in [0.717, 1.165) is 55.5 Å². The van der Waals surface area contributed by atoms with Crippen LogP contribution in [-0.4, -0.2) is 49.2 Å². The van der Waals surface area contributed by atoms with Crippen molar-refractivity contribution in [3.05, 3.63) is 65.7 Å². The number of methoxy groups -OCH3 is 1. The zero-order chi connectivity index (χ0) is 23.2. The number of rotatable bonds is 9. The van der Waals surface area contributed by atoms with Gasteiger partial charge in [-0.3, -0.25) is 4.90 Å². The normalized spacial score (nSPS) is 16.3. The molecule has 1 saturated heterocycles. The molecule has 0 bridgehead atoms. The van der Waals surface area contributed by atoms with Crippen LogP contribution in [0, 0.1) is 5.82 Å². The van der Waals surface area contributed by atoms with E-state index in [1.165, 1.54) is 12.1 Å². The molecule has 1 fully saturated rings. The largest absolute Gasteiger partial charge is 0.493 e. The smallest absolute Gasteiger partial charge is 0.162 e. The van der Waals surface area contributed by atoms with Crippen LogP contribution in [0.2, 0.25) is 0 Å². The van der Waals surface area contributed by atoms with Crippen LogP contribution in [0.4, 0.5) is 4.39 Å². The molecule has 0 amide bonds. The minimum atomic E-state index is -0.296. The summed E-state index contributed by atoms with van der Waals surface area (Å²) >= 11 is 0. The first kappa shape index (κ1) is 23.0. The second-order valence-corrected chi connectivity index (χ2v) is 8.39. The van der Waals surface area contributed by atoms with Crippen LogP contribution in [0.25, 0.3) is 10.9 Å². The van der Waals surface area contributed by atoms with Crippen molar-refractivity contribution in [3.8, 4) is 11.5 Å². The van der Waals surface area contributed by atoms with Crippen molar-refractivity contribution in [2.24, 2.45) is 0 Å². The zero-order valence-electron chi connectivity index (χ0n) is 19.0. The molecule has 0 aliphatic carbocycles. The second kappa shape index (κ2) is 10.6. The van der Waals surface area contributed by atoms with Gasteiger partial charge in [0.2, 0.25) is 0 Å². The highest BCUT2D eigenvalue weighted by Crippen LogP contribution is 2.33. The van der Waals surface area contributed by atoms with E-state index in [-0.39, 0.29) is 11.9 Å². The number of carbonyl (C=O) groups is 1. The van der Waals surface area contributed by atoms with Crippen molar-refractivity contribution in [1.82, 2.24) is 10.1 Å². The predicted molar refractivity (Wildman–Crippen MR) is 124 cm³/mol. The molecule has 1 atom stereocenters. The number of nitrogens with zero attached hydrogens (tertiary/aromatic N) is 2. The molecular weight excluding hydrogens is 423 g/mol. The number of piperidine rings is 1. The zero-order valence-corrected chi connectivity index (χ0v) is 19.0. The van der Waals surface area contributed by atoms with Crippen molar-refractivity contribution in [2.75, 3.05) is 26.7 Å². The van der Waals surface area contributed by atoms with Crippen LogP contribution >= 0.6 is 0 Å². The van der Waals surface area contributed by atoms with Gasteiger partial charge < -0.3 is 18.8 Å². The van der Waals surface area contributed by atoms with Crippen LogP contribution in [0.5, 0.6) is 11.5 Å². The number of likely N-dealkylation sites (tertiary alicyclic amines) is 1. The molecule has 7 heteroatoms. The molecule has 6 nitrogen and oxygen atoms in total. The van der Waals surface area contributed by atoms with Gasteiger partial charge in [-0.15, -0.1) is 0 Å². The Labute approximate surface area is 192 Å². The fraction of sp³-hybridized carbons (Fsp3) is 0.385. The van der Waals surface area contributed by atoms with E-state index in [9.17, 15) is 9.18 Å². The second-order valence-electron chi connectivity index (χ2n) is 8.39. The summed E-state index contributed by atoms with van der Waals surface area (Å²) in [6.07, 6.45) is 7.24. The van der Waals surface area contributed by atoms with Crippen molar-refractivity contribution < 1.29 is 23.2 Å². The molecular formula is C26H29FN2O4. The fourth-order valence-electron chi connectivity index (χ4n) is 4.28. The third kappa shape index (κ3) is 5.60. The van der Waals surface area contributed by atoms with Gasteiger partial charge in [-0.25, -0.2) is 4.39 Å². The third-order valence-corrected chi connectivity index (χ3v) is 6.06. The number of hydrogen-bond acceptors (Lipinski definition) is 6. The third-order valence-electron chi connectivity index (χ3n) is 6.06. The number of aromatic nitrogens is 1. The van der Waals surface area contributed by atoms with Crippen LogP contribution in [-0.2, 0) is 11.2 Å². The molecule has 1 aliphatic heterocycles. The van der Waals surface area contributed by atoms with E-state index in [2.05, 4.69) is 16.1 Å². The molecule has 4 rings (SSSR count). The van der Waals surface area contributed by atoms with E-state index < -0.39 is 0 Å². The lowest BCUT2D eigenvalue weighted by molar-refractivity contribution is -0.107. The van der Waals surface area contributed by atoms with Gasteiger partial charge in [0, 0.05) is 30.3 Å². The molecule has 2 aromatic carbocycles. The van der Waals surface area contributed by atoms with Gasteiger partial charge in [0.15, 0.2) is 11.5 Å². The highest BCUT2D eigenvalue weighted by molar-refractivity contribution is 5.80. The molecule has 33 heavy (non-hydrogen) atoms. The summed E-state index contributed by atoms with van der Waals surface area (Å²) in [4.78, 5) is 13.1. The predicted octanol–water partition coefficient (Wildman–Crippen LogP) is 4.92. The lowest BCUT2D eigenvalue weighted by Crippen LogP contribution is -2.33. The highest BCUT2D eigenvalue weighted by Gasteiger charge is 2.25. The maximum atomic E-state index is 13.4. The summed E-state index contributed by atoms with van der Waals surface area (Å²) in [5.41, 5.74) is 1.48. The lowest BCUT2D eigenvalue weighted by atomic mass is 9.92. The summed E-state index contributed by atoms with van der Waals surface area (Å²) in [5.74, 6) is 2.16. The summed E-state index contributed by atoms with van der Waals surface area (Å²) in [6, 6.07) is 10.2. The van der Waals surface area contributed by atoms with Crippen LogP contribution < -0.4 is 9.47 Å². The standard InChI is InChI=1S/C26H29FN2O4/c1-18(32-24-8-5-19(11-15-30)16-25(24)31-2)4-3-12-29-13-9-20(10-14-29)26-22-7-6-21(27)17-23(22)28-33-26/h3-8,15-18,20H,9-14H2,1-2H3/b4-3+. The Morgan fingerprint density at radius 3 is 2.79 bits per heavy atom. The minimum absolute atomic E-state index is 0.116. The van der Waals surface area contributed by atoms with Gasteiger partial charge in [0.25, 0.3) is 0 Å². The topological polar surface area (TPSA) is 64.8 Å². The maximum Gasteiger partial charge on any atom is 0.162 e. The Morgan fingerprint density at radius 1 is 1.21 bits per heavy atom. The summed E-state index contributed by atoms with van der Waals surface area (Å²) in [6.45, 7) is 4.75. The number of halogens is 1. The van der Waals surface area contributed by atoms with E-state index >= 15 is 0 Å². The first-order chi connectivity index (χ1) is 16.1. The number of aldehydes is 1. The molecule has 2 heterocycles. The van der Waals surface area contributed by atoms with E-state index in [1.807, 2.05) is 31.2 Å². The molecule has 174 valence electrons. The Balaban J connectivity index is 1.27. The molecule has 3 aromatic rings. The molecule has 0 N–H and O–H groups in total. The minimum Gasteiger partial charge on any atom is -0.493 e. The Hall–Kier alpha value is -3.19. The highest BCUT2D eigenvalue weighted by atomic mass is 19.1. The molecule has 1 aliphatic rings. The van der Waals surface area contributed by atoms with Crippen LogP contribution in [0.15, 0.2) is 53.1 Å². The van der Waals surface area contributed by atoms with Crippen molar-refractivity contribution in [1.29, 1.82) is 0 Å². The number of fused-ring (bicyclic) bond motifs is 1. The Morgan fingerprint density at radius 2 is 2.03 bits per heavy atom. The average molecular weight is 453 g/mol. The van der Waals surface area contributed by atoms with E-state index in [0.29, 0.717) is 29.4 Å². The van der Waals surface area contributed by atoms with Gasteiger partial charge in [0.1, 0.15) is 29.5 Å². The van der Waals surface area contributed by atoms with Gasteiger partial charge >= 0.3 is 0 Å².